The number of carbonyl (C=O) groups is 2. The van der Waals surface area contributed by atoms with Crippen LogP contribution in [0.5, 0.6) is 0 Å². The number of nitro groups is 1. The smallest absolute Gasteiger partial charge is 0.410 e. The van der Waals surface area contributed by atoms with Crippen LogP contribution in [0.2, 0.25) is 0 Å². The molecule has 10 heteroatoms. The summed E-state index contributed by atoms with van der Waals surface area (Å²) in [5, 5.41) is 23.4. The van der Waals surface area contributed by atoms with Crippen molar-refractivity contribution in [3.63, 3.8) is 0 Å². The van der Waals surface area contributed by atoms with Gasteiger partial charge in [-0.3, -0.25) is 14.9 Å². The summed E-state index contributed by atoms with van der Waals surface area (Å²) in [6.07, 6.45) is 0.0949. The molecule has 0 bridgehead atoms. The lowest BCUT2D eigenvalue weighted by Gasteiger charge is -2.25. The quantitative estimate of drug-likeness (QED) is 0.620. The van der Waals surface area contributed by atoms with Crippen molar-refractivity contribution in [1.29, 1.82) is 5.26 Å². The van der Waals surface area contributed by atoms with Crippen molar-refractivity contribution in [2.75, 3.05) is 18.5 Å². The van der Waals surface area contributed by atoms with E-state index in [1.165, 1.54) is 35.6 Å². The Morgan fingerprint density at radius 3 is 2.71 bits per heavy atom. The van der Waals surface area contributed by atoms with Crippen molar-refractivity contribution in [2.45, 2.75) is 19.9 Å². The van der Waals surface area contributed by atoms with E-state index in [4.69, 9.17) is 4.74 Å². The molecule has 2 heterocycles. The number of nitriles is 1. The fraction of sp³-hybridized carbons (Fsp3) is 0.278. The number of thiophene rings is 1. The third-order valence-electron chi connectivity index (χ3n) is 4.26. The number of hydrogen-bond donors (Lipinski definition) is 1. The average Bonchev–Trinajstić information content (AvgIpc) is 3.04. The fourth-order valence-electron chi connectivity index (χ4n) is 2.89. The van der Waals surface area contributed by atoms with E-state index in [1.54, 1.807) is 11.8 Å². The molecular weight excluding hydrogens is 384 g/mol. The summed E-state index contributed by atoms with van der Waals surface area (Å²) in [5.41, 5.74) is 1.35. The minimum absolute atomic E-state index is 0.111. The highest BCUT2D eigenvalue weighted by Gasteiger charge is 2.28. The van der Waals surface area contributed by atoms with Crippen LogP contribution in [0.15, 0.2) is 24.3 Å². The van der Waals surface area contributed by atoms with Gasteiger partial charge in [-0.2, -0.15) is 5.26 Å². The molecule has 0 radical (unpaired) electrons. The number of nitro benzene ring substituents is 1. The molecule has 28 heavy (non-hydrogen) atoms. The number of non-ortho nitro benzene ring substituents is 1. The maximum absolute atomic E-state index is 12.5. The molecule has 0 saturated carbocycles. The fourth-order valence-corrected chi connectivity index (χ4v) is 4.10. The van der Waals surface area contributed by atoms with Crippen molar-refractivity contribution in [3.05, 3.63) is 55.9 Å². The van der Waals surface area contributed by atoms with E-state index in [0.717, 1.165) is 10.4 Å². The number of hydrogen-bond acceptors (Lipinski definition) is 7. The zero-order valence-corrected chi connectivity index (χ0v) is 15.7. The van der Waals surface area contributed by atoms with E-state index in [2.05, 4.69) is 11.4 Å². The van der Waals surface area contributed by atoms with Crippen LogP contribution in [0.1, 0.15) is 33.3 Å². The van der Waals surface area contributed by atoms with E-state index in [-0.39, 0.29) is 17.9 Å². The van der Waals surface area contributed by atoms with Gasteiger partial charge in [0, 0.05) is 29.1 Å². The minimum Gasteiger partial charge on any atom is -0.450 e. The van der Waals surface area contributed by atoms with Crippen molar-refractivity contribution < 1.29 is 19.2 Å². The van der Waals surface area contributed by atoms with Gasteiger partial charge in [-0.05, 0) is 31.0 Å². The maximum atomic E-state index is 12.5. The van der Waals surface area contributed by atoms with Gasteiger partial charge in [0.25, 0.3) is 11.6 Å². The summed E-state index contributed by atoms with van der Waals surface area (Å²) in [6, 6.07) is 7.33. The second kappa shape index (κ2) is 8.06. The number of carbonyl (C=O) groups excluding carboxylic acids is 2. The molecule has 0 saturated heterocycles. The molecule has 9 nitrogen and oxygen atoms in total. The Morgan fingerprint density at radius 1 is 1.39 bits per heavy atom. The van der Waals surface area contributed by atoms with Gasteiger partial charge < -0.3 is 15.0 Å². The lowest BCUT2D eigenvalue weighted by Crippen LogP contribution is -2.35. The third-order valence-corrected chi connectivity index (χ3v) is 5.39. The summed E-state index contributed by atoms with van der Waals surface area (Å²) in [4.78, 5) is 37.0. The van der Waals surface area contributed by atoms with Crippen LogP contribution >= 0.6 is 11.3 Å². The molecule has 1 N–H and O–H groups in total. The third kappa shape index (κ3) is 3.79. The lowest BCUT2D eigenvalue weighted by atomic mass is 10.0. The maximum Gasteiger partial charge on any atom is 0.410 e. The van der Waals surface area contributed by atoms with Crippen molar-refractivity contribution in [1.82, 2.24) is 4.90 Å². The lowest BCUT2D eigenvalue weighted by molar-refractivity contribution is -0.384. The first-order chi connectivity index (χ1) is 13.4. The normalized spacial score (nSPS) is 12.6. The monoisotopic (exact) mass is 400 g/mol. The number of amides is 2. The zero-order chi connectivity index (χ0) is 20.3. The van der Waals surface area contributed by atoms with Gasteiger partial charge in [0.15, 0.2) is 0 Å². The van der Waals surface area contributed by atoms with Gasteiger partial charge in [0.2, 0.25) is 0 Å². The van der Waals surface area contributed by atoms with Crippen LogP contribution in [-0.2, 0) is 17.7 Å². The van der Waals surface area contributed by atoms with Crippen LogP contribution in [0, 0.1) is 21.4 Å². The van der Waals surface area contributed by atoms with Crippen LogP contribution in [0.4, 0.5) is 15.5 Å². The molecule has 144 valence electrons. The molecule has 0 fully saturated rings. The number of rotatable bonds is 4. The molecule has 2 amide bonds. The van der Waals surface area contributed by atoms with Crippen molar-refractivity contribution in [2.24, 2.45) is 0 Å². The van der Waals surface area contributed by atoms with Gasteiger partial charge >= 0.3 is 6.09 Å². The summed E-state index contributed by atoms with van der Waals surface area (Å²) in [5.74, 6) is -0.466. The Kier molecular flexibility index (Phi) is 5.56. The van der Waals surface area contributed by atoms with E-state index >= 15 is 0 Å². The Balaban J connectivity index is 1.80. The topological polar surface area (TPSA) is 126 Å². The highest BCUT2D eigenvalue weighted by atomic mass is 32.1. The Morgan fingerprint density at radius 2 is 2.11 bits per heavy atom. The predicted octanol–water partition coefficient (Wildman–Crippen LogP) is 3.29. The van der Waals surface area contributed by atoms with Gasteiger partial charge in [0.05, 0.1) is 23.6 Å². The van der Waals surface area contributed by atoms with Gasteiger partial charge in [-0.1, -0.05) is 0 Å². The molecule has 1 aliphatic heterocycles. The molecule has 1 aliphatic rings. The van der Waals surface area contributed by atoms with E-state index in [9.17, 15) is 25.0 Å². The molecule has 0 spiro atoms. The second-order valence-corrected chi connectivity index (χ2v) is 7.05. The van der Waals surface area contributed by atoms with Gasteiger partial charge in [0.1, 0.15) is 11.1 Å². The molecule has 0 atom stereocenters. The minimum atomic E-state index is -0.544. The molecule has 0 unspecified atom stereocenters. The largest absolute Gasteiger partial charge is 0.450 e. The van der Waals surface area contributed by atoms with E-state index < -0.39 is 16.9 Å². The zero-order valence-electron chi connectivity index (χ0n) is 14.9. The molecule has 1 aromatic heterocycles. The summed E-state index contributed by atoms with van der Waals surface area (Å²) in [6.45, 7) is 2.78. The van der Waals surface area contributed by atoms with Crippen molar-refractivity contribution >= 4 is 34.0 Å². The van der Waals surface area contributed by atoms with E-state index in [1.807, 2.05) is 0 Å². The average molecular weight is 400 g/mol. The number of benzene rings is 1. The first-order valence-corrected chi connectivity index (χ1v) is 9.28. The molecule has 1 aromatic carbocycles. The number of fused-ring (bicyclic) bond motifs is 1. The first-order valence-electron chi connectivity index (χ1n) is 8.46. The second-order valence-electron chi connectivity index (χ2n) is 5.95. The van der Waals surface area contributed by atoms with Gasteiger partial charge in [-0.25, -0.2) is 4.79 Å². The summed E-state index contributed by atoms with van der Waals surface area (Å²) < 4.78 is 5.02. The molecular formula is C18H16N4O5S. The standard InChI is InChI=1S/C18H16N4O5S/c1-2-27-18(24)21-8-7-13-14(9-19)17(28-15(13)10-21)20-16(23)11-3-5-12(6-4-11)22(25)26/h3-6H,2,7-8,10H2,1H3,(H,20,23). The molecule has 2 aromatic rings. The van der Waals surface area contributed by atoms with Crippen LogP contribution in [-0.4, -0.2) is 35.0 Å². The van der Waals surface area contributed by atoms with Crippen LogP contribution in [0.25, 0.3) is 0 Å². The highest BCUT2D eigenvalue weighted by Crippen LogP contribution is 2.37. The Labute approximate surface area is 164 Å². The molecule has 0 aliphatic carbocycles. The van der Waals surface area contributed by atoms with Gasteiger partial charge in [-0.15, -0.1) is 11.3 Å². The SMILES string of the molecule is CCOC(=O)N1CCc2c(sc(NC(=O)c3ccc([N+](=O)[O-])cc3)c2C#N)C1. The number of nitrogens with zero attached hydrogens (tertiary/aromatic N) is 3. The Bertz CT molecular complexity index is 977. The first kappa shape index (κ1) is 19.3. The van der Waals surface area contributed by atoms with Crippen LogP contribution < -0.4 is 5.32 Å². The number of nitrogens with one attached hydrogen (secondary N) is 1. The van der Waals surface area contributed by atoms with Crippen molar-refractivity contribution in [3.8, 4) is 6.07 Å². The predicted molar refractivity (Wildman–Crippen MR) is 101 cm³/mol. The summed E-state index contributed by atoms with van der Waals surface area (Å²) >= 11 is 1.24. The van der Waals surface area contributed by atoms with Crippen LogP contribution in [0.3, 0.4) is 0 Å². The summed E-state index contributed by atoms with van der Waals surface area (Å²) in [7, 11) is 0. The Hall–Kier alpha value is -3.45. The highest BCUT2D eigenvalue weighted by molar-refractivity contribution is 7.16. The van der Waals surface area contributed by atoms with E-state index in [0.29, 0.717) is 30.1 Å². The number of ether oxygens (including phenoxy) is 1. The molecule has 3 rings (SSSR count). The number of anilines is 1.